The normalized spacial score (nSPS) is 9.72. The van der Waals surface area contributed by atoms with Crippen LogP contribution in [-0.4, -0.2) is 41.4 Å². The summed E-state index contributed by atoms with van der Waals surface area (Å²) in [4.78, 5) is 29.3. The van der Waals surface area contributed by atoms with Crippen LogP contribution in [0.1, 0.15) is 5.69 Å². The van der Waals surface area contributed by atoms with Crippen LogP contribution in [0, 0.1) is 17.0 Å². The number of rotatable bonds is 5. The molecule has 0 aliphatic rings. The summed E-state index contributed by atoms with van der Waals surface area (Å²) in [6, 6.07) is 0. The molecule has 9 nitrogen and oxygen atoms in total. The van der Waals surface area contributed by atoms with Crippen LogP contribution in [0.15, 0.2) is 0 Å². The first-order valence-electron chi connectivity index (χ1n) is 5.14. The minimum absolute atomic E-state index is 0.0143. The van der Waals surface area contributed by atoms with Crippen molar-refractivity contribution in [1.82, 2.24) is 15.3 Å². The number of nitrogens with zero attached hydrogens (tertiary/aromatic N) is 3. The number of hydrogen-bond donors (Lipinski definition) is 3. The van der Waals surface area contributed by atoms with Crippen LogP contribution in [0.3, 0.4) is 0 Å². The molecule has 0 aliphatic carbocycles. The average molecular weight is 254 g/mol. The Hall–Kier alpha value is -2.45. The number of anilines is 2. The van der Waals surface area contributed by atoms with Crippen LogP contribution in [-0.2, 0) is 4.79 Å². The van der Waals surface area contributed by atoms with Crippen molar-refractivity contribution in [1.29, 1.82) is 0 Å². The molecule has 0 atom stereocenters. The number of aromatic nitrogens is 2. The number of nitro groups is 1. The number of nitrogens with one attached hydrogen (secondary N) is 3. The first-order chi connectivity index (χ1) is 8.49. The van der Waals surface area contributed by atoms with E-state index in [1.54, 1.807) is 7.05 Å². The minimum Gasteiger partial charge on any atom is -0.358 e. The Morgan fingerprint density at radius 2 is 2.06 bits per heavy atom. The summed E-state index contributed by atoms with van der Waals surface area (Å²) in [7, 11) is 3.08. The molecule has 18 heavy (non-hydrogen) atoms. The summed E-state index contributed by atoms with van der Waals surface area (Å²) < 4.78 is 0. The van der Waals surface area contributed by atoms with Crippen molar-refractivity contribution in [2.45, 2.75) is 6.92 Å². The smallest absolute Gasteiger partial charge is 0.332 e. The Morgan fingerprint density at radius 3 is 2.56 bits per heavy atom. The summed E-state index contributed by atoms with van der Waals surface area (Å²) >= 11 is 0. The fourth-order valence-corrected chi connectivity index (χ4v) is 1.27. The van der Waals surface area contributed by atoms with Crippen molar-refractivity contribution in [3.63, 3.8) is 0 Å². The molecule has 0 bridgehead atoms. The van der Waals surface area contributed by atoms with E-state index in [1.807, 2.05) is 0 Å². The molecule has 1 aromatic heterocycles. The molecular formula is C9H14N6O3. The van der Waals surface area contributed by atoms with E-state index in [4.69, 9.17) is 0 Å². The topological polar surface area (TPSA) is 122 Å². The molecule has 3 N–H and O–H groups in total. The lowest BCUT2D eigenvalue weighted by Crippen LogP contribution is -2.27. The maximum absolute atomic E-state index is 11.1. The summed E-state index contributed by atoms with van der Waals surface area (Å²) in [5.74, 6) is -0.0375. The van der Waals surface area contributed by atoms with Gasteiger partial charge in [0.05, 0.1) is 11.5 Å². The van der Waals surface area contributed by atoms with Gasteiger partial charge in [-0.25, -0.2) is 4.98 Å². The molecular weight excluding hydrogens is 240 g/mol. The number of hydrogen-bond acceptors (Lipinski definition) is 7. The monoisotopic (exact) mass is 254 g/mol. The Labute approximate surface area is 103 Å². The van der Waals surface area contributed by atoms with E-state index in [0.717, 1.165) is 0 Å². The van der Waals surface area contributed by atoms with Crippen LogP contribution >= 0.6 is 0 Å². The summed E-state index contributed by atoms with van der Waals surface area (Å²) in [6.07, 6.45) is 0. The van der Waals surface area contributed by atoms with Gasteiger partial charge in [0.1, 0.15) is 5.69 Å². The van der Waals surface area contributed by atoms with Crippen molar-refractivity contribution < 1.29 is 9.72 Å². The summed E-state index contributed by atoms with van der Waals surface area (Å²) in [5.41, 5.74) is -0.0170. The second-order valence-corrected chi connectivity index (χ2v) is 3.36. The largest absolute Gasteiger partial charge is 0.358 e. The van der Waals surface area contributed by atoms with E-state index in [2.05, 4.69) is 25.9 Å². The molecule has 0 fully saturated rings. The maximum atomic E-state index is 11.1. The Kier molecular flexibility index (Phi) is 4.35. The zero-order chi connectivity index (χ0) is 13.7. The van der Waals surface area contributed by atoms with Crippen molar-refractivity contribution in [3.05, 3.63) is 15.8 Å². The minimum atomic E-state index is -0.582. The van der Waals surface area contributed by atoms with Crippen LogP contribution < -0.4 is 16.0 Å². The quantitative estimate of drug-likeness (QED) is 0.495. The molecule has 1 amide bonds. The van der Waals surface area contributed by atoms with Gasteiger partial charge in [-0.05, 0) is 6.92 Å². The third kappa shape index (κ3) is 3.03. The molecule has 9 heteroatoms. The Bertz CT molecular complexity index is 476. The highest BCUT2D eigenvalue weighted by atomic mass is 16.6. The molecule has 98 valence electrons. The molecule has 0 radical (unpaired) electrons. The van der Waals surface area contributed by atoms with Crippen molar-refractivity contribution in [2.75, 3.05) is 31.3 Å². The highest BCUT2D eigenvalue weighted by molar-refractivity contribution is 5.81. The average Bonchev–Trinajstić information content (AvgIpc) is 2.34. The summed E-state index contributed by atoms with van der Waals surface area (Å²) in [6.45, 7) is 1.41. The van der Waals surface area contributed by atoms with Gasteiger partial charge in [-0.3, -0.25) is 14.9 Å². The second-order valence-electron chi connectivity index (χ2n) is 3.36. The second kappa shape index (κ2) is 5.75. The van der Waals surface area contributed by atoms with Crippen molar-refractivity contribution in [2.24, 2.45) is 0 Å². The molecule has 1 heterocycles. The maximum Gasteiger partial charge on any atom is 0.332 e. The number of carbonyl (C=O) groups excluding carboxylic acids is 1. The van der Waals surface area contributed by atoms with Crippen LogP contribution in [0.4, 0.5) is 17.5 Å². The van der Waals surface area contributed by atoms with Gasteiger partial charge in [-0.1, -0.05) is 0 Å². The lowest BCUT2D eigenvalue weighted by atomic mass is 10.3. The fraction of sp³-hybridized carbons (Fsp3) is 0.444. The fourth-order valence-electron chi connectivity index (χ4n) is 1.27. The lowest BCUT2D eigenvalue weighted by Gasteiger charge is -2.08. The Balaban J connectivity index is 3.09. The standard InChI is InChI=1S/C9H14N6O3/c1-5-7(15(17)18)8(12-4-6(16)10-2)14-9(11-3)13-5/h4H2,1-3H3,(H,10,16)(H2,11,12,13,14). The Morgan fingerprint density at radius 1 is 1.39 bits per heavy atom. The third-order valence-electron chi connectivity index (χ3n) is 2.16. The van der Waals surface area contributed by atoms with Gasteiger partial charge < -0.3 is 16.0 Å². The van der Waals surface area contributed by atoms with Gasteiger partial charge >= 0.3 is 5.69 Å². The van der Waals surface area contributed by atoms with Crippen molar-refractivity contribution in [3.8, 4) is 0 Å². The number of likely N-dealkylation sites (N-methyl/N-ethyl adjacent to an activating group) is 1. The first kappa shape index (κ1) is 13.6. The molecule has 0 unspecified atom stereocenters. The van der Waals surface area contributed by atoms with Gasteiger partial charge in [0.15, 0.2) is 0 Å². The van der Waals surface area contributed by atoms with E-state index < -0.39 is 4.92 Å². The van der Waals surface area contributed by atoms with E-state index in [9.17, 15) is 14.9 Å². The van der Waals surface area contributed by atoms with Crippen LogP contribution in [0.5, 0.6) is 0 Å². The van der Waals surface area contributed by atoms with E-state index in [0.29, 0.717) is 0 Å². The molecule has 0 saturated carbocycles. The predicted molar refractivity (Wildman–Crippen MR) is 65.5 cm³/mol. The van der Waals surface area contributed by atoms with E-state index in [-0.39, 0.29) is 35.6 Å². The summed E-state index contributed by atoms with van der Waals surface area (Å²) in [5, 5.41) is 18.6. The lowest BCUT2D eigenvalue weighted by molar-refractivity contribution is -0.385. The van der Waals surface area contributed by atoms with Gasteiger partial charge in [0.2, 0.25) is 17.7 Å². The SMILES string of the molecule is CNC(=O)CNc1nc(NC)nc(C)c1[N+](=O)[O-]. The zero-order valence-corrected chi connectivity index (χ0v) is 10.3. The highest BCUT2D eigenvalue weighted by Crippen LogP contribution is 2.25. The van der Waals surface area contributed by atoms with Gasteiger partial charge in [0, 0.05) is 14.1 Å². The van der Waals surface area contributed by atoms with Crippen LogP contribution in [0.2, 0.25) is 0 Å². The third-order valence-corrected chi connectivity index (χ3v) is 2.16. The zero-order valence-electron chi connectivity index (χ0n) is 10.3. The molecule has 1 rings (SSSR count). The van der Waals surface area contributed by atoms with Gasteiger partial charge in [-0.15, -0.1) is 0 Å². The van der Waals surface area contributed by atoms with Gasteiger partial charge in [0.25, 0.3) is 0 Å². The first-order valence-corrected chi connectivity index (χ1v) is 5.14. The molecule has 0 saturated heterocycles. The molecule has 0 aromatic carbocycles. The number of aryl methyl sites for hydroxylation is 1. The predicted octanol–water partition coefficient (Wildman–Crippen LogP) is -0.107. The molecule has 0 spiro atoms. The van der Waals surface area contributed by atoms with Gasteiger partial charge in [-0.2, -0.15) is 4.98 Å². The van der Waals surface area contributed by atoms with E-state index >= 15 is 0 Å². The number of carbonyl (C=O) groups is 1. The molecule has 0 aliphatic heterocycles. The molecule has 1 aromatic rings. The number of amides is 1. The van der Waals surface area contributed by atoms with Crippen LogP contribution in [0.25, 0.3) is 0 Å². The van der Waals surface area contributed by atoms with Crippen molar-refractivity contribution >= 4 is 23.4 Å². The van der Waals surface area contributed by atoms with E-state index in [1.165, 1.54) is 14.0 Å². The highest BCUT2D eigenvalue weighted by Gasteiger charge is 2.22.